The van der Waals surface area contributed by atoms with Crippen molar-refractivity contribution in [2.75, 3.05) is 7.11 Å². The van der Waals surface area contributed by atoms with Crippen LogP contribution in [0.5, 0.6) is 5.75 Å². The molecular weight excluding hydrogens is 290 g/mol. The summed E-state index contributed by atoms with van der Waals surface area (Å²) in [7, 11) is 1.44. The van der Waals surface area contributed by atoms with Gasteiger partial charge < -0.3 is 4.74 Å². The van der Waals surface area contributed by atoms with Crippen molar-refractivity contribution < 1.29 is 4.74 Å². The molecule has 0 aliphatic carbocycles. The van der Waals surface area contributed by atoms with Crippen molar-refractivity contribution in [3.05, 3.63) is 53.2 Å². The van der Waals surface area contributed by atoms with Crippen LogP contribution in [0.1, 0.15) is 25.1 Å². The van der Waals surface area contributed by atoms with E-state index in [-0.39, 0.29) is 11.3 Å². The van der Waals surface area contributed by atoms with E-state index in [9.17, 15) is 4.79 Å². The summed E-state index contributed by atoms with van der Waals surface area (Å²) in [6.45, 7) is 11.1. The molecule has 118 valence electrons. The fraction of sp³-hybridized carbons (Fsp3) is 0.167. The van der Waals surface area contributed by atoms with Crippen LogP contribution >= 0.6 is 0 Å². The number of aromatic amines is 1. The standard InChI is InChI=1S/C14H13N3O2.C4H6/c1-4-9-10(6-7-15-12(9)5-2)11-8-16-17-14(18)13(11)19-3;1-3-4-2/h4-8H,1-2H2,3H3,(H,17,18);1-2H3. The quantitative estimate of drug-likeness (QED) is 0.881. The van der Waals surface area contributed by atoms with Crippen molar-refractivity contribution in [3.63, 3.8) is 0 Å². The lowest BCUT2D eigenvalue weighted by atomic mass is 10.00. The van der Waals surface area contributed by atoms with Gasteiger partial charge in [-0.15, -0.1) is 11.8 Å². The third kappa shape index (κ3) is 4.17. The molecule has 0 amide bonds. The van der Waals surface area contributed by atoms with Gasteiger partial charge in [0.05, 0.1) is 24.6 Å². The molecule has 0 bridgehead atoms. The van der Waals surface area contributed by atoms with E-state index in [2.05, 4.69) is 40.2 Å². The first-order valence-corrected chi connectivity index (χ1v) is 6.83. The number of aromatic nitrogens is 3. The molecule has 0 atom stereocenters. The number of hydrogen-bond acceptors (Lipinski definition) is 4. The van der Waals surface area contributed by atoms with Gasteiger partial charge in [0.25, 0.3) is 0 Å². The normalized spacial score (nSPS) is 8.83. The highest BCUT2D eigenvalue weighted by Crippen LogP contribution is 2.30. The number of methoxy groups -OCH3 is 1. The molecular formula is C18H19N3O2. The van der Waals surface area contributed by atoms with Gasteiger partial charge in [0, 0.05) is 11.8 Å². The lowest BCUT2D eigenvalue weighted by Crippen LogP contribution is -2.12. The maximum Gasteiger partial charge on any atom is 0.307 e. The van der Waals surface area contributed by atoms with Crippen LogP contribution in [0.25, 0.3) is 23.3 Å². The minimum absolute atomic E-state index is 0.208. The Morgan fingerprint density at radius 1 is 1.22 bits per heavy atom. The molecule has 0 spiro atoms. The second-order valence-electron chi connectivity index (χ2n) is 4.21. The van der Waals surface area contributed by atoms with Gasteiger partial charge in [0.1, 0.15) is 0 Å². The van der Waals surface area contributed by atoms with Gasteiger partial charge in [-0.05, 0) is 31.6 Å². The minimum Gasteiger partial charge on any atom is -0.491 e. The van der Waals surface area contributed by atoms with Crippen LogP contribution < -0.4 is 10.3 Å². The summed E-state index contributed by atoms with van der Waals surface area (Å²) in [6, 6.07) is 1.78. The fourth-order valence-corrected chi connectivity index (χ4v) is 1.88. The second kappa shape index (κ2) is 9.00. The number of nitrogens with one attached hydrogen (secondary N) is 1. The number of nitrogens with zero attached hydrogens (tertiary/aromatic N) is 2. The van der Waals surface area contributed by atoms with Crippen LogP contribution in [-0.2, 0) is 0 Å². The lowest BCUT2D eigenvalue weighted by molar-refractivity contribution is 0.408. The highest BCUT2D eigenvalue weighted by molar-refractivity contribution is 5.81. The Morgan fingerprint density at radius 3 is 2.43 bits per heavy atom. The summed E-state index contributed by atoms with van der Waals surface area (Å²) >= 11 is 0. The molecule has 1 N–H and O–H groups in total. The number of hydrogen-bond donors (Lipinski definition) is 1. The van der Waals surface area contributed by atoms with Crippen LogP contribution in [0.2, 0.25) is 0 Å². The molecule has 0 unspecified atom stereocenters. The molecule has 2 aromatic heterocycles. The topological polar surface area (TPSA) is 67.9 Å². The Balaban J connectivity index is 0.000000593. The van der Waals surface area contributed by atoms with Crippen molar-refractivity contribution in [3.8, 4) is 28.7 Å². The molecule has 2 heterocycles. The van der Waals surface area contributed by atoms with E-state index in [0.29, 0.717) is 11.3 Å². The monoisotopic (exact) mass is 309 g/mol. The molecule has 23 heavy (non-hydrogen) atoms. The van der Waals surface area contributed by atoms with Crippen molar-refractivity contribution in [1.29, 1.82) is 0 Å². The Morgan fingerprint density at radius 2 is 1.91 bits per heavy atom. The van der Waals surface area contributed by atoms with Gasteiger partial charge >= 0.3 is 5.56 Å². The van der Waals surface area contributed by atoms with E-state index in [4.69, 9.17) is 4.74 Å². The molecule has 0 aliphatic heterocycles. The summed E-state index contributed by atoms with van der Waals surface area (Å²) in [5.74, 6) is 5.57. The maximum absolute atomic E-state index is 11.7. The Hall–Kier alpha value is -3.13. The van der Waals surface area contributed by atoms with E-state index in [1.165, 1.54) is 13.3 Å². The fourth-order valence-electron chi connectivity index (χ4n) is 1.88. The summed E-state index contributed by atoms with van der Waals surface area (Å²) in [4.78, 5) is 15.9. The zero-order valence-electron chi connectivity index (χ0n) is 13.5. The van der Waals surface area contributed by atoms with Crippen molar-refractivity contribution >= 4 is 12.2 Å². The Bertz CT molecular complexity index is 805. The summed E-state index contributed by atoms with van der Waals surface area (Å²) in [5, 5.41) is 6.14. The van der Waals surface area contributed by atoms with Gasteiger partial charge in [-0.2, -0.15) is 5.10 Å². The first kappa shape index (κ1) is 17.9. The van der Waals surface area contributed by atoms with Gasteiger partial charge in [0.15, 0.2) is 5.75 Å². The van der Waals surface area contributed by atoms with Crippen LogP contribution in [0, 0.1) is 11.8 Å². The number of rotatable bonds is 4. The Kier molecular flexibility index (Phi) is 7.02. The first-order valence-electron chi connectivity index (χ1n) is 6.83. The average molecular weight is 309 g/mol. The van der Waals surface area contributed by atoms with Crippen molar-refractivity contribution in [2.24, 2.45) is 0 Å². The molecule has 0 radical (unpaired) electrons. The number of ether oxygens (including phenoxy) is 1. The highest BCUT2D eigenvalue weighted by atomic mass is 16.5. The average Bonchev–Trinajstić information content (AvgIpc) is 2.60. The predicted octanol–water partition coefficient (Wildman–Crippen LogP) is 3.16. The maximum atomic E-state index is 11.7. The van der Waals surface area contributed by atoms with Gasteiger partial charge in [-0.25, -0.2) is 5.10 Å². The lowest BCUT2D eigenvalue weighted by Gasteiger charge is -2.11. The molecule has 0 aliphatic rings. The zero-order chi connectivity index (χ0) is 17.2. The smallest absolute Gasteiger partial charge is 0.307 e. The SMILES string of the molecule is C=Cc1nccc(-c2cn[nH]c(=O)c2OC)c1C=C.CC#CC. The molecule has 2 rings (SSSR count). The summed E-state index contributed by atoms with van der Waals surface area (Å²) in [5.41, 5.74) is 2.45. The zero-order valence-corrected chi connectivity index (χ0v) is 13.5. The molecule has 2 aromatic rings. The molecule has 0 saturated carbocycles. The number of H-pyrrole nitrogens is 1. The first-order chi connectivity index (χ1) is 11.1. The van der Waals surface area contributed by atoms with E-state index in [1.807, 2.05) is 13.8 Å². The van der Waals surface area contributed by atoms with Crippen LogP contribution in [0.4, 0.5) is 0 Å². The molecule has 5 nitrogen and oxygen atoms in total. The Labute approximate surface area is 135 Å². The van der Waals surface area contributed by atoms with Crippen molar-refractivity contribution in [1.82, 2.24) is 15.2 Å². The summed E-state index contributed by atoms with van der Waals surface area (Å²) < 4.78 is 5.14. The van der Waals surface area contributed by atoms with Gasteiger partial charge in [-0.1, -0.05) is 19.2 Å². The van der Waals surface area contributed by atoms with E-state index < -0.39 is 0 Å². The van der Waals surface area contributed by atoms with Crippen LogP contribution in [-0.4, -0.2) is 22.3 Å². The van der Waals surface area contributed by atoms with E-state index >= 15 is 0 Å². The molecule has 0 saturated heterocycles. The largest absolute Gasteiger partial charge is 0.491 e. The molecule has 5 heteroatoms. The van der Waals surface area contributed by atoms with E-state index in [1.54, 1.807) is 24.4 Å². The van der Waals surface area contributed by atoms with Gasteiger partial charge in [-0.3, -0.25) is 9.78 Å². The van der Waals surface area contributed by atoms with Crippen molar-refractivity contribution in [2.45, 2.75) is 13.8 Å². The highest BCUT2D eigenvalue weighted by Gasteiger charge is 2.14. The second-order valence-corrected chi connectivity index (χ2v) is 4.21. The molecule has 0 aromatic carbocycles. The third-order valence-electron chi connectivity index (χ3n) is 2.97. The minimum atomic E-state index is -0.382. The summed E-state index contributed by atoms with van der Waals surface area (Å²) in [6.07, 6.45) is 6.48. The van der Waals surface area contributed by atoms with Gasteiger partial charge in [0.2, 0.25) is 0 Å². The van der Waals surface area contributed by atoms with Crippen LogP contribution in [0.3, 0.4) is 0 Å². The van der Waals surface area contributed by atoms with E-state index in [0.717, 1.165) is 11.1 Å². The van der Waals surface area contributed by atoms with Crippen LogP contribution in [0.15, 0.2) is 36.4 Å². The third-order valence-corrected chi connectivity index (χ3v) is 2.97. The molecule has 0 fully saturated rings. The number of pyridine rings is 1. The predicted molar refractivity (Wildman–Crippen MR) is 93.9 cm³/mol.